The zero-order valence-corrected chi connectivity index (χ0v) is 17.3. The molecule has 2 atom stereocenters. The summed E-state index contributed by atoms with van der Waals surface area (Å²) in [5.41, 5.74) is 7.51. The number of nitrogens with zero attached hydrogens (tertiary/aromatic N) is 1. The summed E-state index contributed by atoms with van der Waals surface area (Å²) in [4.78, 5) is 50.7. The van der Waals surface area contributed by atoms with Crippen LogP contribution in [-0.2, 0) is 25.5 Å². The molecule has 0 saturated carbocycles. The third-order valence-corrected chi connectivity index (χ3v) is 5.53. The number of fused-ring (bicyclic) bond motifs is 1. The molecule has 0 aliphatic carbocycles. The second-order valence-electron chi connectivity index (χ2n) is 7.75. The lowest BCUT2D eigenvalue weighted by molar-refractivity contribution is -0.147. The fourth-order valence-electron chi connectivity index (χ4n) is 3.94. The Morgan fingerprint density at radius 3 is 2.63 bits per heavy atom. The topological polar surface area (TPSA) is 131 Å². The highest BCUT2D eigenvalue weighted by molar-refractivity contribution is 6.02. The molecular formula is C21H28N4O5. The molecule has 1 saturated heterocycles. The second kappa shape index (κ2) is 9.25. The number of likely N-dealkylation sites (tertiary alicyclic amines) is 1. The van der Waals surface area contributed by atoms with Crippen LogP contribution in [0.2, 0.25) is 0 Å². The van der Waals surface area contributed by atoms with E-state index in [1.54, 1.807) is 36.9 Å². The molecule has 1 aromatic carbocycles. The van der Waals surface area contributed by atoms with E-state index < -0.39 is 24.0 Å². The fraction of sp³-hybridized carbons (Fsp3) is 0.524. The van der Waals surface area contributed by atoms with Crippen LogP contribution >= 0.6 is 0 Å². The number of carbonyl (C=O) groups excluding carboxylic acids is 4. The fourth-order valence-corrected chi connectivity index (χ4v) is 3.94. The minimum atomic E-state index is -0.807. The number of esters is 1. The number of hydrogen-bond acceptors (Lipinski definition) is 6. The molecule has 4 N–H and O–H groups in total. The van der Waals surface area contributed by atoms with Crippen LogP contribution in [0.1, 0.15) is 42.6 Å². The number of benzene rings is 1. The number of amides is 3. The molecule has 3 rings (SSSR count). The first kappa shape index (κ1) is 21.8. The summed E-state index contributed by atoms with van der Waals surface area (Å²) in [7, 11) is 0. The number of anilines is 1. The minimum absolute atomic E-state index is 0.111. The van der Waals surface area contributed by atoms with Gasteiger partial charge in [0.05, 0.1) is 19.1 Å². The van der Waals surface area contributed by atoms with E-state index in [1.165, 1.54) is 0 Å². The van der Waals surface area contributed by atoms with Crippen molar-refractivity contribution < 1.29 is 23.9 Å². The van der Waals surface area contributed by atoms with Gasteiger partial charge in [-0.2, -0.15) is 0 Å². The maximum absolute atomic E-state index is 12.8. The third kappa shape index (κ3) is 4.79. The van der Waals surface area contributed by atoms with Crippen LogP contribution in [0.3, 0.4) is 0 Å². The molecule has 162 valence electrons. The van der Waals surface area contributed by atoms with Crippen molar-refractivity contribution in [1.82, 2.24) is 10.2 Å². The van der Waals surface area contributed by atoms with Crippen molar-refractivity contribution in [1.29, 1.82) is 0 Å². The van der Waals surface area contributed by atoms with E-state index in [1.807, 2.05) is 0 Å². The van der Waals surface area contributed by atoms with Gasteiger partial charge in [-0.05, 0) is 56.4 Å². The Hall–Kier alpha value is -2.94. The van der Waals surface area contributed by atoms with E-state index in [2.05, 4.69) is 10.6 Å². The van der Waals surface area contributed by atoms with Crippen molar-refractivity contribution in [3.63, 3.8) is 0 Å². The van der Waals surface area contributed by atoms with Crippen molar-refractivity contribution >= 4 is 29.4 Å². The Bertz CT molecular complexity index is 846. The van der Waals surface area contributed by atoms with Gasteiger partial charge < -0.3 is 26.0 Å². The van der Waals surface area contributed by atoms with Gasteiger partial charge in [0, 0.05) is 24.3 Å². The van der Waals surface area contributed by atoms with E-state index >= 15 is 0 Å². The molecule has 2 aliphatic heterocycles. The molecule has 0 spiro atoms. The lowest BCUT2D eigenvalue weighted by Gasteiger charge is -2.36. The van der Waals surface area contributed by atoms with Gasteiger partial charge >= 0.3 is 5.97 Å². The minimum Gasteiger partial charge on any atom is -0.464 e. The van der Waals surface area contributed by atoms with Crippen molar-refractivity contribution in [2.45, 2.75) is 45.2 Å². The molecule has 2 aliphatic rings. The highest BCUT2D eigenvalue weighted by atomic mass is 16.5. The van der Waals surface area contributed by atoms with Crippen LogP contribution in [0, 0.1) is 5.92 Å². The Morgan fingerprint density at radius 1 is 1.30 bits per heavy atom. The average Bonchev–Trinajstić information content (AvgIpc) is 3.10. The number of piperidine rings is 1. The Labute approximate surface area is 175 Å². The van der Waals surface area contributed by atoms with Crippen molar-refractivity contribution in [2.24, 2.45) is 11.7 Å². The normalized spacial score (nSPS) is 18.2. The molecule has 1 aromatic rings. The number of carbonyl (C=O) groups is 4. The highest BCUT2D eigenvalue weighted by Gasteiger charge is 2.35. The van der Waals surface area contributed by atoms with Crippen molar-refractivity contribution in [3.8, 4) is 0 Å². The summed E-state index contributed by atoms with van der Waals surface area (Å²) in [5.74, 6) is -1.26. The molecule has 30 heavy (non-hydrogen) atoms. The summed E-state index contributed by atoms with van der Waals surface area (Å²) in [6, 6.07) is 3.59. The molecule has 9 nitrogen and oxygen atoms in total. The van der Waals surface area contributed by atoms with Gasteiger partial charge in [-0.25, -0.2) is 4.79 Å². The van der Waals surface area contributed by atoms with Gasteiger partial charge in [-0.3, -0.25) is 14.4 Å². The maximum atomic E-state index is 12.8. The number of rotatable bonds is 6. The number of nitrogens with two attached hydrogens (primary N) is 1. The molecule has 0 aromatic heterocycles. The second-order valence-corrected chi connectivity index (χ2v) is 7.75. The Morgan fingerprint density at radius 2 is 2.00 bits per heavy atom. The number of nitrogens with one attached hydrogen (secondary N) is 2. The van der Waals surface area contributed by atoms with Gasteiger partial charge in [0.15, 0.2) is 0 Å². The largest absolute Gasteiger partial charge is 0.464 e. The molecule has 1 unspecified atom stereocenters. The molecule has 9 heteroatoms. The van der Waals surface area contributed by atoms with Crippen LogP contribution in [0.15, 0.2) is 18.2 Å². The van der Waals surface area contributed by atoms with Gasteiger partial charge in [0.1, 0.15) is 6.04 Å². The lowest BCUT2D eigenvalue weighted by atomic mass is 9.88. The zero-order chi connectivity index (χ0) is 21.8. The molecule has 0 bridgehead atoms. The van der Waals surface area contributed by atoms with Crippen LogP contribution < -0.4 is 16.4 Å². The van der Waals surface area contributed by atoms with Gasteiger partial charge in [-0.15, -0.1) is 0 Å². The van der Waals surface area contributed by atoms with E-state index in [0.717, 1.165) is 5.56 Å². The predicted octanol–water partition coefficient (Wildman–Crippen LogP) is 0.429. The van der Waals surface area contributed by atoms with Crippen LogP contribution in [0.4, 0.5) is 5.69 Å². The van der Waals surface area contributed by atoms with Gasteiger partial charge in [0.25, 0.3) is 5.91 Å². The van der Waals surface area contributed by atoms with Gasteiger partial charge in [0.2, 0.25) is 11.8 Å². The van der Waals surface area contributed by atoms with Crippen molar-refractivity contribution in [3.05, 3.63) is 29.3 Å². The van der Waals surface area contributed by atoms with E-state index in [0.29, 0.717) is 37.2 Å². The first-order valence-electron chi connectivity index (χ1n) is 10.2. The summed E-state index contributed by atoms with van der Waals surface area (Å²) in [5, 5.41) is 5.54. The molecule has 2 heterocycles. The quantitative estimate of drug-likeness (QED) is 0.577. The maximum Gasteiger partial charge on any atom is 0.328 e. The van der Waals surface area contributed by atoms with Crippen LogP contribution in [-0.4, -0.2) is 60.4 Å². The SMILES string of the molecule is CCOC(=O)C(NC(=O)c1ccc2c(c1)CC(=O)N2)C1CCN(C(=O)[C@H](C)N)CC1. The van der Waals surface area contributed by atoms with Crippen LogP contribution in [0.5, 0.6) is 0 Å². The first-order valence-corrected chi connectivity index (χ1v) is 10.2. The lowest BCUT2D eigenvalue weighted by Crippen LogP contribution is -2.52. The summed E-state index contributed by atoms with van der Waals surface area (Å²) in [6.45, 7) is 4.52. The Balaban J connectivity index is 1.70. The molecule has 0 radical (unpaired) electrons. The Kier molecular flexibility index (Phi) is 6.71. The summed E-state index contributed by atoms with van der Waals surface area (Å²) in [6.07, 6.45) is 1.35. The smallest absolute Gasteiger partial charge is 0.328 e. The van der Waals surface area contributed by atoms with E-state index in [9.17, 15) is 19.2 Å². The molecule has 3 amide bonds. The number of ether oxygens (including phenoxy) is 1. The third-order valence-electron chi connectivity index (χ3n) is 5.53. The zero-order valence-electron chi connectivity index (χ0n) is 17.3. The molecular weight excluding hydrogens is 388 g/mol. The van der Waals surface area contributed by atoms with E-state index in [-0.39, 0.29) is 30.8 Å². The average molecular weight is 416 g/mol. The highest BCUT2D eigenvalue weighted by Crippen LogP contribution is 2.25. The van der Waals surface area contributed by atoms with Crippen molar-refractivity contribution in [2.75, 3.05) is 25.0 Å². The standard InChI is InChI=1S/C21H28N4O5/c1-3-30-21(29)18(13-6-8-25(9-7-13)20(28)12(2)22)24-19(27)14-4-5-16-15(10-14)11-17(26)23-16/h4-5,10,12-13,18H,3,6-9,11,22H2,1-2H3,(H,23,26)(H,24,27)/t12-,18?/m0/s1. The molecule has 1 fully saturated rings. The number of hydrogen-bond donors (Lipinski definition) is 3. The monoisotopic (exact) mass is 416 g/mol. The van der Waals surface area contributed by atoms with Crippen LogP contribution in [0.25, 0.3) is 0 Å². The van der Waals surface area contributed by atoms with E-state index in [4.69, 9.17) is 10.5 Å². The summed E-state index contributed by atoms with van der Waals surface area (Å²) >= 11 is 0. The summed E-state index contributed by atoms with van der Waals surface area (Å²) < 4.78 is 5.19. The predicted molar refractivity (Wildman–Crippen MR) is 110 cm³/mol. The first-order chi connectivity index (χ1) is 14.3. The van der Waals surface area contributed by atoms with Gasteiger partial charge in [-0.1, -0.05) is 0 Å².